The zero-order valence-corrected chi connectivity index (χ0v) is 16.3. The maximum absolute atomic E-state index is 15.1. The second-order valence-corrected chi connectivity index (χ2v) is 7.38. The highest BCUT2D eigenvalue weighted by atomic mass is 35.5. The van der Waals surface area contributed by atoms with Crippen LogP contribution in [0.15, 0.2) is 0 Å². The average Bonchev–Trinajstić information content (AvgIpc) is 2.91. The van der Waals surface area contributed by atoms with Crippen molar-refractivity contribution in [3.05, 3.63) is 33.5 Å². The second-order valence-electron chi connectivity index (χ2n) is 7.00. The van der Waals surface area contributed by atoms with E-state index in [-0.39, 0.29) is 33.4 Å². The molecule has 28 heavy (non-hydrogen) atoms. The van der Waals surface area contributed by atoms with Crippen molar-refractivity contribution in [3.63, 3.8) is 0 Å². The quantitative estimate of drug-likeness (QED) is 0.678. The first kappa shape index (κ1) is 20.2. The fraction of sp³-hybridized carbons (Fsp3) is 0.400. The van der Waals surface area contributed by atoms with Gasteiger partial charge in [-0.05, 0) is 44.9 Å². The minimum absolute atomic E-state index is 0.104. The van der Waals surface area contributed by atoms with Gasteiger partial charge < -0.3 is 16.0 Å². The van der Waals surface area contributed by atoms with Gasteiger partial charge >= 0.3 is 0 Å². The number of carbonyl (C=O) groups is 2. The summed E-state index contributed by atoms with van der Waals surface area (Å²) >= 11 is 6.37. The lowest BCUT2D eigenvalue weighted by Crippen LogP contribution is -2.37. The SMILES string of the molecule is CC#CC(=O)N[C@@H]1CCC[C@@H](c2c(F)c(F)c(C(N)=O)c3[nH]c(C)c(Cl)c23)C1. The van der Waals surface area contributed by atoms with Crippen LogP contribution in [0.25, 0.3) is 10.9 Å². The van der Waals surface area contributed by atoms with Crippen LogP contribution in [-0.2, 0) is 4.79 Å². The standard InChI is InChI=1S/C20H20ClF2N3O2/c1-3-5-12(27)26-11-7-4-6-10(8-11)13-14-16(21)9(2)25-19(14)15(20(24)28)18(23)17(13)22/h10-11,25H,4,6-8H2,1-2H3,(H2,24,28)(H,26,27)/t10-,11-/m1/s1. The van der Waals surface area contributed by atoms with Crippen molar-refractivity contribution in [3.8, 4) is 11.8 Å². The summed E-state index contributed by atoms with van der Waals surface area (Å²) in [6.07, 6.45) is 2.46. The summed E-state index contributed by atoms with van der Waals surface area (Å²) in [7, 11) is 0. The molecule has 2 atom stereocenters. The van der Waals surface area contributed by atoms with Crippen LogP contribution in [0.1, 0.15) is 60.1 Å². The predicted octanol–water partition coefficient (Wildman–Crippen LogP) is 3.67. The van der Waals surface area contributed by atoms with Crippen LogP contribution >= 0.6 is 11.6 Å². The number of aromatic amines is 1. The Bertz CT molecular complexity index is 1040. The topological polar surface area (TPSA) is 88.0 Å². The number of aromatic nitrogens is 1. The van der Waals surface area contributed by atoms with Crippen LogP contribution in [0.5, 0.6) is 0 Å². The number of benzene rings is 1. The number of fused-ring (bicyclic) bond motifs is 1. The maximum atomic E-state index is 15.1. The Morgan fingerprint density at radius 3 is 2.64 bits per heavy atom. The van der Waals surface area contributed by atoms with Gasteiger partial charge in [-0.1, -0.05) is 23.9 Å². The fourth-order valence-electron chi connectivity index (χ4n) is 4.02. The summed E-state index contributed by atoms with van der Waals surface area (Å²) in [4.78, 5) is 26.3. The third-order valence-corrected chi connectivity index (χ3v) is 5.65. The summed E-state index contributed by atoms with van der Waals surface area (Å²) in [6, 6.07) is -0.209. The van der Waals surface area contributed by atoms with Gasteiger partial charge in [0, 0.05) is 22.7 Å². The maximum Gasteiger partial charge on any atom is 0.296 e. The molecule has 5 nitrogen and oxygen atoms in total. The molecule has 0 spiro atoms. The molecule has 0 radical (unpaired) electrons. The van der Waals surface area contributed by atoms with Crippen LogP contribution in [0.3, 0.4) is 0 Å². The lowest BCUT2D eigenvalue weighted by atomic mass is 9.79. The highest BCUT2D eigenvalue weighted by molar-refractivity contribution is 6.37. The number of nitrogens with two attached hydrogens (primary N) is 1. The number of H-pyrrole nitrogens is 1. The van der Waals surface area contributed by atoms with E-state index < -0.39 is 29.0 Å². The average molecular weight is 408 g/mol. The minimum Gasteiger partial charge on any atom is -0.365 e. The smallest absolute Gasteiger partial charge is 0.296 e. The molecule has 148 valence electrons. The first-order valence-corrected chi connectivity index (χ1v) is 9.35. The Hall–Kier alpha value is -2.59. The van der Waals surface area contributed by atoms with Gasteiger partial charge in [0.25, 0.3) is 11.8 Å². The van der Waals surface area contributed by atoms with Crippen molar-refractivity contribution in [2.75, 3.05) is 0 Å². The third-order valence-electron chi connectivity index (χ3n) is 5.18. The first-order chi connectivity index (χ1) is 13.3. The van der Waals surface area contributed by atoms with E-state index >= 15 is 4.39 Å². The molecular formula is C20H20ClF2N3O2. The van der Waals surface area contributed by atoms with Crippen LogP contribution in [0, 0.1) is 30.4 Å². The number of amides is 2. The first-order valence-electron chi connectivity index (χ1n) is 8.97. The largest absolute Gasteiger partial charge is 0.365 e. The molecule has 2 amide bonds. The lowest BCUT2D eigenvalue weighted by molar-refractivity contribution is -0.116. The Morgan fingerprint density at radius 1 is 1.29 bits per heavy atom. The zero-order valence-electron chi connectivity index (χ0n) is 15.5. The number of aryl methyl sites for hydroxylation is 1. The van der Waals surface area contributed by atoms with E-state index in [1.54, 1.807) is 13.8 Å². The molecule has 1 aromatic carbocycles. The molecule has 1 saturated carbocycles. The van der Waals surface area contributed by atoms with Gasteiger partial charge in [-0.25, -0.2) is 8.78 Å². The highest BCUT2D eigenvalue weighted by Gasteiger charge is 2.33. The molecule has 1 aliphatic rings. The summed E-state index contributed by atoms with van der Waals surface area (Å²) in [5.74, 6) is 0.705. The molecule has 1 aliphatic carbocycles. The number of hydrogen-bond donors (Lipinski definition) is 3. The van der Waals surface area contributed by atoms with Crippen LogP contribution < -0.4 is 11.1 Å². The van der Waals surface area contributed by atoms with E-state index in [9.17, 15) is 14.0 Å². The van der Waals surface area contributed by atoms with Gasteiger partial charge in [-0.15, -0.1) is 0 Å². The summed E-state index contributed by atoms with van der Waals surface area (Å²) in [5, 5.41) is 3.31. The van der Waals surface area contributed by atoms with Gasteiger partial charge in [0.15, 0.2) is 11.6 Å². The zero-order chi connectivity index (χ0) is 20.6. The molecule has 1 aromatic heterocycles. The molecule has 1 fully saturated rings. The molecule has 3 rings (SSSR count). The highest BCUT2D eigenvalue weighted by Crippen LogP contribution is 2.43. The van der Waals surface area contributed by atoms with Crippen molar-refractivity contribution < 1.29 is 18.4 Å². The van der Waals surface area contributed by atoms with Gasteiger partial charge in [-0.2, -0.15) is 0 Å². The lowest BCUT2D eigenvalue weighted by Gasteiger charge is -2.30. The number of nitrogens with one attached hydrogen (secondary N) is 2. The van der Waals surface area contributed by atoms with Gasteiger partial charge in [0.05, 0.1) is 10.5 Å². The number of halogens is 3. The van der Waals surface area contributed by atoms with E-state index in [2.05, 4.69) is 22.1 Å². The Labute approximate surface area is 166 Å². The summed E-state index contributed by atoms with van der Waals surface area (Å²) in [6.45, 7) is 3.22. The normalized spacial score (nSPS) is 19.2. The molecule has 0 aliphatic heterocycles. The van der Waals surface area contributed by atoms with Crippen molar-refractivity contribution in [2.24, 2.45) is 5.73 Å². The van der Waals surface area contributed by atoms with Crippen LogP contribution in [-0.4, -0.2) is 22.8 Å². The van der Waals surface area contributed by atoms with E-state index in [0.717, 1.165) is 12.8 Å². The van der Waals surface area contributed by atoms with E-state index in [1.165, 1.54) is 0 Å². The second kappa shape index (κ2) is 7.80. The van der Waals surface area contributed by atoms with Crippen LogP contribution in [0.4, 0.5) is 8.78 Å². The molecule has 0 saturated heterocycles. The fourth-order valence-corrected chi connectivity index (χ4v) is 4.27. The number of rotatable bonds is 3. The number of carbonyl (C=O) groups excluding carboxylic acids is 2. The molecular weight excluding hydrogens is 388 g/mol. The minimum atomic E-state index is -1.28. The van der Waals surface area contributed by atoms with E-state index in [1.807, 2.05) is 0 Å². The van der Waals surface area contributed by atoms with E-state index in [4.69, 9.17) is 17.3 Å². The molecule has 1 heterocycles. The Morgan fingerprint density at radius 2 is 2.00 bits per heavy atom. The summed E-state index contributed by atoms with van der Waals surface area (Å²) < 4.78 is 29.8. The van der Waals surface area contributed by atoms with Gasteiger partial charge in [0.2, 0.25) is 0 Å². The molecule has 2 aromatic rings. The molecule has 0 bridgehead atoms. The Balaban J connectivity index is 2.11. The monoisotopic (exact) mass is 407 g/mol. The van der Waals surface area contributed by atoms with Crippen molar-refractivity contribution in [2.45, 2.75) is 51.5 Å². The van der Waals surface area contributed by atoms with Crippen molar-refractivity contribution >= 4 is 34.3 Å². The molecule has 0 unspecified atom stereocenters. The predicted molar refractivity (Wildman–Crippen MR) is 103 cm³/mol. The molecule has 4 N–H and O–H groups in total. The van der Waals surface area contributed by atoms with Crippen molar-refractivity contribution in [1.82, 2.24) is 10.3 Å². The van der Waals surface area contributed by atoms with E-state index in [0.29, 0.717) is 18.5 Å². The Kier molecular flexibility index (Phi) is 5.61. The third kappa shape index (κ3) is 3.45. The summed E-state index contributed by atoms with van der Waals surface area (Å²) in [5.41, 5.74) is 5.45. The van der Waals surface area contributed by atoms with Gasteiger partial charge in [0.1, 0.15) is 5.56 Å². The molecule has 8 heteroatoms. The number of hydrogen-bond acceptors (Lipinski definition) is 2. The van der Waals surface area contributed by atoms with Gasteiger partial charge in [-0.3, -0.25) is 9.59 Å². The van der Waals surface area contributed by atoms with Crippen LogP contribution in [0.2, 0.25) is 5.02 Å². The number of primary amides is 1. The van der Waals surface area contributed by atoms with Crippen molar-refractivity contribution in [1.29, 1.82) is 0 Å².